The summed E-state index contributed by atoms with van der Waals surface area (Å²) in [7, 11) is 0. The minimum atomic E-state index is 0.328. The molecule has 1 aromatic heterocycles. The highest BCUT2D eigenvalue weighted by atomic mass is 79.9. The molecule has 0 aromatic carbocycles. The summed E-state index contributed by atoms with van der Waals surface area (Å²) in [4.78, 5) is 4.06. The molecule has 2 atom stereocenters. The standard InChI is InChI=1S/C10H15BrN4/c11-10-4-9(8(13)5-14-10)15-7-2-1-6(12)3-7/h4-7H,1-3,12-13H2,(H,14,15). The van der Waals surface area contributed by atoms with Gasteiger partial charge >= 0.3 is 0 Å². The van der Waals surface area contributed by atoms with E-state index in [1.807, 2.05) is 6.07 Å². The lowest BCUT2D eigenvalue weighted by molar-refractivity contribution is 0.688. The Bertz CT molecular complexity index is 355. The zero-order valence-corrected chi connectivity index (χ0v) is 10.00. The Morgan fingerprint density at radius 3 is 2.93 bits per heavy atom. The van der Waals surface area contributed by atoms with Crippen molar-refractivity contribution in [2.75, 3.05) is 11.1 Å². The molecule has 0 amide bonds. The van der Waals surface area contributed by atoms with Crippen LogP contribution in [-0.4, -0.2) is 17.1 Å². The van der Waals surface area contributed by atoms with Crippen molar-refractivity contribution in [2.45, 2.75) is 31.3 Å². The minimum Gasteiger partial charge on any atom is -0.396 e. The van der Waals surface area contributed by atoms with Crippen LogP contribution in [-0.2, 0) is 0 Å². The molecule has 5 heteroatoms. The van der Waals surface area contributed by atoms with Crippen LogP contribution in [0.2, 0.25) is 0 Å². The molecule has 5 N–H and O–H groups in total. The molecule has 1 saturated carbocycles. The van der Waals surface area contributed by atoms with E-state index in [-0.39, 0.29) is 0 Å². The van der Waals surface area contributed by atoms with Crippen LogP contribution >= 0.6 is 15.9 Å². The number of hydrogen-bond donors (Lipinski definition) is 3. The fraction of sp³-hybridized carbons (Fsp3) is 0.500. The third kappa shape index (κ3) is 2.60. The van der Waals surface area contributed by atoms with E-state index in [9.17, 15) is 0 Å². The van der Waals surface area contributed by atoms with Crippen molar-refractivity contribution in [3.05, 3.63) is 16.9 Å². The molecular formula is C10H15BrN4. The third-order valence-electron chi connectivity index (χ3n) is 2.73. The number of aromatic nitrogens is 1. The molecule has 0 saturated heterocycles. The molecule has 1 aliphatic carbocycles. The zero-order valence-electron chi connectivity index (χ0n) is 8.41. The van der Waals surface area contributed by atoms with E-state index in [1.165, 1.54) is 0 Å². The summed E-state index contributed by atoms with van der Waals surface area (Å²) in [5.41, 5.74) is 13.3. The average Bonchev–Trinajstić information content (AvgIpc) is 2.58. The molecule has 1 fully saturated rings. The Kier molecular flexibility index (Phi) is 3.11. The van der Waals surface area contributed by atoms with E-state index in [4.69, 9.17) is 11.5 Å². The highest BCUT2D eigenvalue weighted by Crippen LogP contribution is 2.26. The maximum absolute atomic E-state index is 5.85. The first-order valence-electron chi connectivity index (χ1n) is 5.08. The summed E-state index contributed by atoms with van der Waals surface area (Å²) >= 11 is 3.33. The maximum atomic E-state index is 5.85. The van der Waals surface area contributed by atoms with Crippen LogP contribution in [0.3, 0.4) is 0 Å². The van der Waals surface area contributed by atoms with Gasteiger partial charge in [0, 0.05) is 12.1 Å². The lowest BCUT2D eigenvalue weighted by Gasteiger charge is -2.15. The molecule has 82 valence electrons. The highest BCUT2D eigenvalue weighted by Gasteiger charge is 2.21. The summed E-state index contributed by atoms with van der Waals surface area (Å²) in [6.45, 7) is 0. The first-order chi connectivity index (χ1) is 7.15. The third-order valence-corrected chi connectivity index (χ3v) is 3.17. The summed E-state index contributed by atoms with van der Waals surface area (Å²) in [5.74, 6) is 0. The molecule has 0 aliphatic heterocycles. The van der Waals surface area contributed by atoms with Gasteiger partial charge in [-0.1, -0.05) is 0 Å². The molecule has 4 nitrogen and oxygen atoms in total. The van der Waals surface area contributed by atoms with Gasteiger partial charge < -0.3 is 16.8 Å². The van der Waals surface area contributed by atoms with Gasteiger partial charge in [0.05, 0.1) is 17.6 Å². The quantitative estimate of drug-likeness (QED) is 0.716. The molecule has 1 heterocycles. The van der Waals surface area contributed by atoms with Gasteiger partial charge in [0.25, 0.3) is 0 Å². The van der Waals surface area contributed by atoms with Crippen LogP contribution < -0.4 is 16.8 Å². The number of pyridine rings is 1. The van der Waals surface area contributed by atoms with Gasteiger partial charge in [-0.3, -0.25) is 0 Å². The van der Waals surface area contributed by atoms with Crippen molar-refractivity contribution in [3.8, 4) is 0 Å². The molecular weight excluding hydrogens is 256 g/mol. The number of hydrogen-bond acceptors (Lipinski definition) is 4. The van der Waals surface area contributed by atoms with Gasteiger partial charge in [-0.05, 0) is 41.3 Å². The largest absolute Gasteiger partial charge is 0.396 e. The Hall–Kier alpha value is -0.810. The van der Waals surface area contributed by atoms with Gasteiger partial charge in [0.1, 0.15) is 4.60 Å². The molecule has 15 heavy (non-hydrogen) atoms. The van der Waals surface area contributed by atoms with E-state index in [0.717, 1.165) is 29.6 Å². The summed E-state index contributed by atoms with van der Waals surface area (Å²) in [6.07, 6.45) is 4.87. The maximum Gasteiger partial charge on any atom is 0.108 e. The van der Waals surface area contributed by atoms with Gasteiger partial charge in [0.15, 0.2) is 0 Å². The van der Waals surface area contributed by atoms with Crippen molar-refractivity contribution in [3.63, 3.8) is 0 Å². The second-order valence-electron chi connectivity index (χ2n) is 4.01. The summed E-state index contributed by atoms with van der Waals surface area (Å²) in [6, 6.07) is 2.67. The smallest absolute Gasteiger partial charge is 0.108 e. The number of halogens is 1. The molecule has 1 aromatic rings. The molecule has 2 rings (SSSR count). The Balaban J connectivity index is 2.07. The average molecular weight is 271 g/mol. The SMILES string of the molecule is Nc1cnc(Br)cc1NC1CCC(N)C1. The predicted molar refractivity (Wildman–Crippen MR) is 65.6 cm³/mol. The van der Waals surface area contributed by atoms with Crippen LogP contribution in [0.4, 0.5) is 11.4 Å². The van der Waals surface area contributed by atoms with Crippen LogP contribution in [0.5, 0.6) is 0 Å². The Morgan fingerprint density at radius 1 is 1.47 bits per heavy atom. The topological polar surface area (TPSA) is 77.0 Å². The van der Waals surface area contributed by atoms with E-state index in [0.29, 0.717) is 17.8 Å². The Morgan fingerprint density at radius 2 is 2.27 bits per heavy atom. The molecule has 2 unspecified atom stereocenters. The summed E-state index contributed by atoms with van der Waals surface area (Å²) in [5, 5.41) is 3.41. The van der Waals surface area contributed by atoms with Gasteiger partial charge in [0.2, 0.25) is 0 Å². The highest BCUT2D eigenvalue weighted by molar-refractivity contribution is 9.10. The Labute approximate surface area is 97.6 Å². The van der Waals surface area contributed by atoms with Crippen molar-refractivity contribution >= 4 is 27.3 Å². The van der Waals surface area contributed by atoms with E-state index < -0.39 is 0 Å². The lowest BCUT2D eigenvalue weighted by atomic mass is 10.2. The normalized spacial score (nSPS) is 25.5. The first kappa shape index (κ1) is 10.7. The monoisotopic (exact) mass is 270 g/mol. The molecule has 0 radical (unpaired) electrons. The van der Waals surface area contributed by atoms with Crippen molar-refractivity contribution in [2.24, 2.45) is 5.73 Å². The van der Waals surface area contributed by atoms with E-state index in [2.05, 4.69) is 26.2 Å². The van der Waals surface area contributed by atoms with Gasteiger partial charge in [-0.25, -0.2) is 4.98 Å². The van der Waals surface area contributed by atoms with Gasteiger partial charge in [-0.15, -0.1) is 0 Å². The molecule has 1 aliphatic rings. The van der Waals surface area contributed by atoms with Crippen molar-refractivity contribution in [1.29, 1.82) is 0 Å². The molecule has 0 bridgehead atoms. The number of nitrogens with zero attached hydrogens (tertiary/aromatic N) is 1. The number of nitrogens with one attached hydrogen (secondary N) is 1. The summed E-state index contributed by atoms with van der Waals surface area (Å²) < 4.78 is 0.793. The number of nitrogens with two attached hydrogens (primary N) is 2. The van der Waals surface area contributed by atoms with Gasteiger partial charge in [-0.2, -0.15) is 0 Å². The fourth-order valence-electron chi connectivity index (χ4n) is 1.93. The fourth-order valence-corrected chi connectivity index (χ4v) is 2.26. The van der Waals surface area contributed by atoms with Crippen LogP contribution in [0.15, 0.2) is 16.9 Å². The van der Waals surface area contributed by atoms with Crippen LogP contribution in [0.1, 0.15) is 19.3 Å². The molecule has 0 spiro atoms. The number of anilines is 2. The lowest BCUT2D eigenvalue weighted by Crippen LogP contribution is -2.21. The van der Waals surface area contributed by atoms with Crippen molar-refractivity contribution in [1.82, 2.24) is 4.98 Å². The van der Waals surface area contributed by atoms with Crippen LogP contribution in [0.25, 0.3) is 0 Å². The first-order valence-corrected chi connectivity index (χ1v) is 5.87. The number of nitrogen functional groups attached to an aromatic ring is 1. The second-order valence-corrected chi connectivity index (χ2v) is 4.82. The second kappa shape index (κ2) is 4.37. The number of rotatable bonds is 2. The van der Waals surface area contributed by atoms with E-state index in [1.54, 1.807) is 6.20 Å². The van der Waals surface area contributed by atoms with E-state index >= 15 is 0 Å². The predicted octanol–water partition coefficient (Wildman–Crippen LogP) is 1.72. The van der Waals surface area contributed by atoms with Crippen LogP contribution in [0, 0.1) is 0 Å². The van der Waals surface area contributed by atoms with Crippen molar-refractivity contribution < 1.29 is 0 Å². The zero-order chi connectivity index (χ0) is 10.8. The minimum absolute atomic E-state index is 0.328.